The van der Waals surface area contributed by atoms with Crippen LogP contribution in [-0.2, 0) is 16.3 Å². The molecule has 0 aliphatic carbocycles. The molecule has 0 saturated carbocycles. The molecule has 1 aromatic rings. The first kappa shape index (κ1) is 12.7. The van der Waals surface area contributed by atoms with Crippen LogP contribution in [-0.4, -0.2) is 25.9 Å². The molecule has 0 spiro atoms. The highest BCUT2D eigenvalue weighted by molar-refractivity contribution is 9.10. The standard InChI is InChI=1S/C10H13BrO3S/c1-7(12)5-8-3-4-10(9(11)6-8)15(2,13)14/h3-4,6-7,12H,5H2,1-2H3. The van der Waals surface area contributed by atoms with E-state index in [9.17, 15) is 13.5 Å². The summed E-state index contributed by atoms with van der Waals surface area (Å²) in [6, 6.07) is 4.99. The van der Waals surface area contributed by atoms with Crippen molar-refractivity contribution >= 4 is 25.8 Å². The summed E-state index contributed by atoms with van der Waals surface area (Å²) < 4.78 is 23.2. The zero-order valence-electron chi connectivity index (χ0n) is 8.57. The molecule has 1 aromatic carbocycles. The zero-order chi connectivity index (χ0) is 11.6. The number of sulfone groups is 1. The largest absolute Gasteiger partial charge is 0.393 e. The lowest BCUT2D eigenvalue weighted by atomic mass is 10.1. The van der Waals surface area contributed by atoms with Gasteiger partial charge in [-0.15, -0.1) is 0 Å². The SMILES string of the molecule is CC(O)Cc1ccc(S(C)(=O)=O)c(Br)c1. The van der Waals surface area contributed by atoms with E-state index < -0.39 is 15.9 Å². The first-order valence-corrected chi connectivity index (χ1v) is 7.15. The lowest BCUT2D eigenvalue weighted by Gasteiger charge is -2.07. The van der Waals surface area contributed by atoms with Crippen LogP contribution in [0, 0.1) is 0 Å². The average Bonchev–Trinajstić information content (AvgIpc) is 1.99. The molecule has 0 amide bonds. The summed E-state index contributed by atoms with van der Waals surface area (Å²) in [6.07, 6.45) is 1.25. The van der Waals surface area contributed by atoms with E-state index in [1.54, 1.807) is 25.1 Å². The second kappa shape index (κ2) is 4.63. The van der Waals surface area contributed by atoms with Crippen molar-refractivity contribution in [2.24, 2.45) is 0 Å². The molecule has 5 heteroatoms. The summed E-state index contributed by atoms with van der Waals surface area (Å²) in [5.41, 5.74) is 0.907. The van der Waals surface area contributed by atoms with E-state index in [4.69, 9.17) is 0 Å². The van der Waals surface area contributed by atoms with Gasteiger partial charge in [0.25, 0.3) is 0 Å². The molecule has 0 aliphatic heterocycles. The normalized spacial score (nSPS) is 13.9. The van der Waals surface area contributed by atoms with E-state index in [-0.39, 0.29) is 4.90 Å². The van der Waals surface area contributed by atoms with Crippen LogP contribution >= 0.6 is 15.9 Å². The fourth-order valence-electron chi connectivity index (χ4n) is 1.31. The van der Waals surface area contributed by atoms with Gasteiger partial charge in [-0.25, -0.2) is 8.42 Å². The van der Waals surface area contributed by atoms with Gasteiger partial charge in [0, 0.05) is 10.7 Å². The van der Waals surface area contributed by atoms with E-state index in [0.717, 1.165) is 5.56 Å². The van der Waals surface area contributed by atoms with Gasteiger partial charge in [-0.05, 0) is 47.0 Å². The molecule has 1 atom stereocenters. The molecule has 1 rings (SSSR count). The van der Waals surface area contributed by atoms with Crippen LogP contribution in [0.2, 0.25) is 0 Å². The molecular formula is C10H13BrO3S. The van der Waals surface area contributed by atoms with Crippen LogP contribution in [0.4, 0.5) is 0 Å². The Morgan fingerprint density at radius 1 is 1.47 bits per heavy atom. The second-order valence-electron chi connectivity index (χ2n) is 3.59. The van der Waals surface area contributed by atoms with Crippen LogP contribution in [0.5, 0.6) is 0 Å². The predicted octanol–water partition coefficient (Wildman–Crippen LogP) is 1.78. The third-order valence-corrected chi connectivity index (χ3v) is 4.00. The molecule has 0 aromatic heterocycles. The summed E-state index contributed by atoms with van der Waals surface area (Å²) in [5, 5.41) is 9.19. The summed E-state index contributed by atoms with van der Waals surface area (Å²) in [7, 11) is -3.19. The van der Waals surface area contributed by atoms with Crippen molar-refractivity contribution in [2.45, 2.75) is 24.3 Å². The molecule has 0 aliphatic rings. The maximum absolute atomic E-state index is 11.3. The van der Waals surface area contributed by atoms with Gasteiger partial charge >= 0.3 is 0 Å². The molecular weight excluding hydrogens is 280 g/mol. The zero-order valence-corrected chi connectivity index (χ0v) is 11.0. The lowest BCUT2D eigenvalue weighted by molar-refractivity contribution is 0.195. The van der Waals surface area contributed by atoms with Crippen molar-refractivity contribution in [3.63, 3.8) is 0 Å². The lowest BCUT2D eigenvalue weighted by Crippen LogP contribution is -2.05. The van der Waals surface area contributed by atoms with E-state index in [2.05, 4.69) is 15.9 Å². The van der Waals surface area contributed by atoms with Crippen LogP contribution in [0.3, 0.4) is 0 Å². The number of halogens is 1. The summed E-state index contributed by atoms with van der Waals surface area (Å²) in [4.78, 5) is 0.275. The van der Waals surface area contributed by atoms with Crippen LogP contribution in [0.25, 0.3) is 0 Å². The van der Waals surface area contributed by atoms with Gasteiger partial charge in [0.05, 0.1) is 11.0 Å². The van der Waals surface area contributed by atoms with E-state index >= 15 is 0 Å². The van der Waals surface area contributed by atoms with Gasteiger partial charge in [0.15, 0.2) is 9.84 Å². The summed E-state index contributed by atoms with van der Waals surface area (Å²) >= 11 is 3.21. The van der Waals surface area contributed by atoms with Gasteiger partial charge in [0.2, 0.25) is 0 Å². The molecule has 3 nitrogen and oxygen atoms in total. The molecule has 1 N–H and O–H groups in total. The van der Waals surface area contributed by atoms with Crippen molar-refractivity contribution < 1.29 is 13.5 Å². The summed E-state index contributed by atoms with van der Waals surface area (Å²) in [6.45, 7) is 1.69. The van der Waals surface area contributed by atoms with Crippen LogP contribution in [0.1, 0.15) is 12.5 Å². The first-order chi connectivity index (χ1) is 6.80. The maximum atomic E-state index is 11.3. The minimum absolute atomic E-state index is 0.275. The molecule has 15 heavy (non-hydrogen) atoms. The minimum Gasteiger partial charge on any atom is -0.393 e. The van der Waals surface area contributed by atoms with E-state index in [0.29, 0.717) is 10.9 Å². The Balaban J connectivity index is 3.09. The number of benzene rings is 1. The Morgan fingerprint density at radius 2 is 2.07 bits per heavy atom. The molecule has 0 saturated heterocycles. The predicted molar refractivity (Wildman–Crippen MR) is 62.6 cm³/mol. The number of aliphatic hydroxyl groups is 1. The Bertz CT molecular complexity index is 452. The van der Waals surface area contributed by atoms with E-state index in [1.165, 1.54) is 6.26 Å². The Labute approximate surface area is 98.2 Å². The number of rotatable bonds is 3. The first-order valence-electron chi connectivity index (χ1n) is 4.47. The van der Waals surface area contributed by atoms with Gasteiger partial charge in [-0.2, -0.15) is 0 Å². The van der Waals surface area contributed by atoms with E-state index in [1.807, 2.05) is 0 Å². The Kier molecular flexibility index (Phi) is 3.92. The average molecular weight is 293 g/mol. The number of aliphatic hydroxyl groups excluding tert-OH is 1. The quantitative estimate of drug-likeness (QED) is 0.924. The molecule has 1 unspecified atom stereocenters. The third-order valence-electron chi connectivity index (χ3n) is 1.93. The topological polar surface area (TPSA) is 54.4 Å². The number of hydrogen-bond donors (Lipinski definition) is 1. The molecule has 0 heterocycles. The van der Waals surface area contributed by atoms with Gasteiger partial charge in [0.1, 0.15) is 0 Å². The maximum Gasteiger partial charge on any atom is 0.176 e. The molecule has 0 bridgehead atoms. The van der Waals surface area contributed by atoms with Gasteiger partial charge in [-0.3, -0.25) is 0 Å². The molecule has 0 fully saturated rings. The van der Waals surface area contributed by atoms with Crippen molar-refractivity contribution in [2.75, 3.05) is 6.26 Å². The number of hydrogen-bond acceptors (Lipinski definition) is 3. The monoisotopic (exact) mass is 292 g/mol. The van der Waals surface area contributed by atoms with Crippen molar-refractivity contribution in [1.29, 1.82) is 0 Å². The van der Waals surface area contributed by atoms with Crippen LogP contribution in [0.15, 0.2) is 27.6 Å². The second-order valence-corrected chi connectivity index (χ2v) is 6.43. The highest BCUT2D eigenvalue weighted by Gasteiger charge is 2.12. The molecule has 0 radical (unpaired) electrons. The summed E-state index contributed by atoms with van der Waals surface area (Å²) in [5.74, 6) is 0. The van der Waals surface area contributed by atoms with Gasteiger partial charge < -0.3 is 5.11 Å². The fraction of sp³-hybridized carbons (Fsp3) is 0.400. The van der Waals surface area contributed by atoms with Crippen molar-refractivity contribution in [1.82, 2.24) is 0 Å². The highest BCUT2D eigenvalue weighted by atomic mass is 79.9. The third kappa shape index (κ3) is 3.59. The fourth-order valence-corrected chi connectivity index (χ4v) is 3.35. The highest BCUT2D eigenvalue weighted by Crippen LogP contribution is 2.23. The van der Waals surface area contributed by atoms with Crippen molar-refractivity contribution in [3.05, 3.63) is 28.2 Å². The smallest absolute Gasteiger partial charge is 0.176 e. The molecule has 84 valence electrons. The minimum atomic E-state index is -3.19. The van der Waals surface area contributed by atoms with Crippen molar-refractivity contribution in [3.8, 4) is 0 Å². The van der Waals surface area contributed by atoms with Gasteiger partial charge in [-0.1, -0.05) is 6.07 Å². The van der Waals surface area contributed by atoms with Crippen LogP contribution < -0.4 is 0 Å². The Morgan fingerprint density at radius 3 is 2.47 bits per heavy atom. The Hall–Kier alpha value is -0.390.